The first-order valence-electron chi connectivity index (χ1n) is 6.65. The second-order valence-corrected chi connectivity index (χ2v) is 5.60. The van der Waals surface area contributed by atoms with Crippen LogP contribution in [0.2, 0.25) is 0 Å². The van der Waals surface area contributed by atoms with Gasteiger partial charge in [0.2, 0.25) is 0 Å². The van der Waals surface area contributed by atoms with Gasteiger partial charge < -0.3 is 4.57 Å². The summed E-state index contributed by atoms with van der Waals surface area (Å²) in [5, 5.41) is 11.1. The molecule has 110 valence electrons. The highest BCUT2D eigenvalue weighted by molar-refractivity contribution is 9.10. The van der Waals surface area contributed by atoms with Crippen LogP contribution in [0.5, 0.6) is 0 Å². The third kappa shape index (κ3) is 2.78. The zero-order valence-corrected chi connectivity index (χ0v) is 13.1. The Labute approximate surface area is 135 Å². The van der Waals surface area contributed by atoms with Crippen molar-refractivity contribution < 1.29 is 4.92 Å². The molecular formula is C16H12BrN3O2. The molecule has 6 heteroatoms. The molecule has 0 aliphatic carbocycles. The molecule has 0 aliphatic rings. The zero-order valence-electron chi connectivity index (χ0n) is 11.5. The van der Waals surface area contributed by atoms with Crippen molar-refractivity contribution in [3.05, 3.63) is 81.1 Å². The third-order valence-electron chi connectivity index (χ3n) is 3.36. The third-order valence-corrected chi connectivity index (χ3v) is 4.05. The number of aromatic nitrogens is 2. The number of nitro groups is 1. The van der Waals surface area contributed by atoms with Gasteiger partial charge in [0, 0.05) is 34.1 Å². The summed E-state index contributed by atoms with van der Waals surface area (Å²) < 4.78 is 2.84. The Morgan fingerprint density at radius 3 is 2.64 bits per heavy atom. The molecular weight excluding hydrogens is 346 g/mol. The van der Waals surface area contributed by atoms with E-state index in [2.05, 4.69) is 20.9 Å². The van der Waals surface area contributed by atoms with Crippen molar-refractivity contribution in [3.63, 3.8) is 0 Å². The Morgan fingerprint density at radius 2 is 1.86 bits per heavy atom. The number of hydrogen-bond acceptors (Lipinski definition) is 3. The van der Waals surface area contributed by atoms with E-state index >= 15 is 0 Å². The molecule has 0 N–H and O–H groups in total. The normalized spacial score (nSPS) is 10.6. The molecule has 0 radical (unpaired) electrons. The summed E-state index contributed by atoms with van der Waals surface area (Å²) in [4.78, 5) is 15.2. The lowest BCUT2D eigenvalue weighted by Gasteiger charge is -2.09. The van der Waals surface area contributed by atoms with Gasteiger partial charge in [-0.05, 0) is 6.07 Å². The van der Waals surface area contributed by atoms with Gasteiger partial charge in [-0.2, -0.15) is 0 Å². The van der Waals surface area contributed by atoms with Crippen LogP contribution in [0, 0.1) is 10.1 Å². The fourth-order valence-corrected chi connectivity index (χ4v) is 2.79. The molecule has 0 fully saturated rings. The average Bonchev–Trinajstić information content (AvgIpc) is 2.96. The number of imidazole rings is 1. The van der Waals surface area contributed by atoms with E-state index in [4.69, 9.17) is 0 Å². The van der Waals surface area contributed by atoms with Crippen LogP contribution in [0.25, 0.3) is 11.4 Å². The molecule has 0 saturated heterocycles. The number of para-hydroxylation sites is 1. The lowest BCUT2D eigenvalue weighted by atomic mass is 10.1. The van der Waals surface area contributed by atoms with Crippen molar-refractivity contribution in [1.29, 1.82) is 0 Å². The molecule has 22 heavy (non-hydrogen) atoms. The molecule has 0 atom stereocenters. The van der Waals surface area contributed by atoms with Crippen LogP contribution in [-0.4, -0.2) is 14.5 Å². The van der Waals surface area contributed by atoms with Crippen molar-refractivity contribution in [3.8, 4) is 11.4 Å². The van der Waals surface area contributed by atoms with Crippen LogP contribution in [0.4, 0.5) is 5.69 Å². The fraction of sp³-hybridized carbons (Fsp3) is 0.0625. The Hall–Kier alpha value is -2.47. The van der Waals surface area contributed by atoms with Crippen molar-refractivity contribution >= 4 is 21.6 Å². The van der Waals surface area contributed by atoms with Gasteiger partial charge in [0.25, 0.3) is 5.69 Å². The standard InChI is InChI=1S/C16H12BrN3O2/c17-14-7-3-2-6-13(14)16-18-9-10-19(16)11-12-5-1-4-8-15(12)20(21)22/h1-10H,11H2. The molecule has 1 aromatic heterocycles. The molecule has 3 aromatic rings. The second-order valence-electron chi connectivity index (χ2n) is 4.74. The summed E-state index contributed by atoms with van der Waals surface area (Å²) in [6, 6.07) is 14.5. The summed E-state index contributed by atoms with van der Waals surface area (Å²) >= 11 is 3.51. The van der Waals surface area contributed by atoms with Crippen molar-refractivity contribution in [1.82, 2.24) is 9.55 Å². The monoisotopic (exact) mass is 357 g/mol. The van der Waals surface area contributed by atoms with Crippen molar-refractivity contribution in [2.45, 2.75) is 6.54 Å². The van der Waals surface area contributed by atoms with Gasteiger partial charge in [-0.25, -0.2) is 4.98 Å². The highest BCUT2D eigenvalue weighted by Gasteiger charge is 2.15. The number of nitrogens with zero attached hydrogens (tertiary/aromatic N) is 3. The highest BCUT2D eigenvalue weighted by Crippen LogP contribution is 2.28. The maximum Gasteiger partial charge on any atom is 0.274 e. The first-order chi connectivity index (χ1) is 10.7. The largest absolute Gasteiger partial charge is 0.326 e. The zero-order chi connectivity index (χ0) is 15.5. The van der Waals surface area contributed by atoms with Crippen LogP contribution in [0.15, 0.2) is 65.4 Å². The molecule has 3 rings (SSSR count). The summed E-state index contributed by atoms with van der Waals surface area (Å²) in [6.07, 6.45) is 3.52. The maximum atomic E-state index is 11.1. The molecule has 1 heterocycles. The molecule has 2 aromatic carbocycles. The summed E-state index contributed by atoms with van der Waals surface area (Å²) in [5.41, 5.74) is 1.72. The minimum absolute atomic E-state index is 0.120. The van der Waals surface area contributed by atoms with E-state index in [1.807, 2.05) is 35.0 Å². The second kappa shape index (κ2) is 6.11. The van der Waals surface area contributed by atoms with Gasteiger partial charge in [-0.3, -0.25) is 10.1 Å². The summed E-state index contributed by atoms with van der Waals surface area (Å²) in [7, 11) is 0. The van der Waals surface area contributed by atoms with Crippen LogP contribution in [0.1, 0.15) is 5.56 Å². The van der Waals surface area contributed by atoms with E-state index in [1.165, 1.54) is 6.07 Å². The molecule has 0 unspecified atom stereocenters. The quantitative estimate of drug-likeness (QED) is 0.517. The first-order valence-corrected chi connectivity index (χ1v) is 7.44. The van der Waals surface area contributed by atoms with E-state index < -0.39 is 0 Å². The van der Waals surface area contributed by atoms with Crippen molar-refractivity contribution in [2.24, 2.45) is 0 Å². The van der Waals surface area contributed by atoms with E-state index in [1.54, 1.807) is 24.4 Å². The van der Waals surface area contributed by atoms with Gasteiger partial charge in [-0.15, -0.1) is 0 Å². The Morgan fingerprint density at radius 1 is 1.14 bits per heavy atom. The predicted octanol–water partition coefficient (Wildman–Crippen LogP) is 4.27. The molecule has 0 spiro atoms. The number of benzene rings is 2. The topological polar surface area (TPSA) is 61.0 Å². The summed E-state index contributed by atoms with van der Waals surface area (Å²) in [6.45, 7) is 0.397. The van der Waals surface area contributed by atoms with Crippen molar-refractivity contribution in [2.75, 3.05) is 0 Å². The SMILES string of the molecule is O=[N+]([O-])c1ccccc1Cn1ccnc1-c1ccccc1Br. The predicted molar refractivity (Wildman–Crippen MR) is 87.6 cm³/mol. The van der Waals surface area contributed by atoms with Gasteiger partial charge in [0.1, 0.15) is 5.82 Å². The summed E-state index contributed by atoms with van der Waals surface area (Å²) in [5.74, 6) is 0.769. The molecule has 0 aliphatic heterocycles. The smallest absolute Gasteiger partial charge is 0.274 e. The van der Waals surface area contributed by atoms with Crippen LogP contribution < -0.4 is 0 Å². The number of rotatable bonds is 4. The Bertz CT molecular complexity index is 830. The van der Waals surface area contributed by atoms with Crippen LogP contribution >= 0.6 is 15.9 Å². The average molecular weight is 358 g/mol. The van der Waals surface area contributed by atoms with Gasteiger partial charge in [0.05, 0.1) is 11.5 Å². The number of nitro benzene ring substituents is 1. The Balaban J connectivity index is 2.01. The molecule has 0 bridgehead atoms. The van der Waals surface area contributed by atoms with E-state index in [0.717, 1.165) is 15.9 Å². The van der Waals surface area contributed by atoms with E-state index in [9.17, 15) is 10.1 Å². The van der Waals surface area contributed by atoms with E-state index in [-0.39, 0.29) is 10.6 Å². The van der Waals surface area contributed by atoms with Gasteiger partial charge in [-0.1, -0.05) is 52.3 Å². The van der Waals surface area contributed by atoms with Crippen LogP contribution in [0.3, 0.4) is 0 Å². The molecule has 0 saturated carbocycles. The molecule has 0 amide bonds. The fourth-order valence-electron chi connectivity index (χ4n) is 2.33. The lowest BCUT2D eigenvalue weighted by Crippen LogP contribution is -2.04. The molecule has 5 nitrogen and oxygen atoms in total. The van der Waals surface area contributed by atoms with Gasteiger partial charge in [0.15, 0.2) is 0 Å². The van der Waals surface area contributed by atoms with E-state index in [0.29, 0.717) is 12.1 Å². The minimum Gasteiger partial charge on any atom is -0.326 e. The Kier molecular flexibility index (Phi) is 4.02. The number of hydrogen-bond donors (Lipinski definition) is 0. The lowest BCUT2D eigenvalue weighted by molar-refractivity contribution is -0.385. The van der Waals surface area contributed by atoms with Gasteiger partial charge >= 0.3 is 0 Å². The number of halogens is 1. The van der Waals surface area contributed by atoms with Crippen LogP contribution in [-0.2, 0) is 6.54 Å². The minimum atomic E-state index is -0.357. The maximum absolute atomic E-state index is 11.1. The first kappa shape index (κ1) is 14.5. The highest BCUT2D eigenvalue weighted by atomic mass is 79.9.